The lowest BCUT2D eigenvalue weighted by atomic mass is 9.72. The van der Waals surface area contributed by atoms with Crippen molar-refractivity contribution in [3.8, 4) is 0 Å². The van der Waals surface area contributed by atoms with Crippen LogP contribution in [0, 0.1) is 0 Å². The van der Waals surface area contributed by atoms with Gasteiger partial charge in [0.2, 0.25) is 0 Å². The Morgan fingerprint density at radius 1 is 1.12 bits per heavy atom. The molecule has 0 atom stereocenters. The van der Waals surface area contributed by atoms with Gasteiger partial charge < -0.3 is 4.74 Å². The second kappa shape index (κ2) is 7.49. The van der Waals surface area contributed by atoms with Gasteiger partial charge >= 0.3 is 5.97 Å². The summed E-state index contributed by atoms with van der Waals surface area (Å²) in [4.78, 5) is 11.8. The third-order valence-corrected chi connectivity index (χ3v) is 5.35. The molecule has 0 aromatic heterocycles. The maximum absolute atomic E-state index is 11.8. The van der Waals surface area contributed by atoms with Crippen molar-refractivity contribution in [1.82, 2.24) is 0 Å². The molecule has 0 bridgehead atoms. The molecule has 0 unspecified atom stereocenters. The van der Waals surface area contributed by atoms with Gasteiger partial charge in [-0.2, -0.15) is 0 Å². The molecule has 136 valence electrons. The number of ether oxygens (including phenoxy) is 1. The van der Waals surface area contributed by atoms with Crippen LogP contribution in [0.4, 0.5) is 0 Å². The van der Waals surface area contributed by atoms with E-state index in [0.717, 1.165) is 5.56 Å². The number of allylic oxidation sites excluding steroid dienone is 1. The van der Waals surface area contributed by atoms with Gasteiger partial charge in [0.05, 0.1) is 12.2 Å². The van der Waals surface area contributed by atoms with Crippen LogP contribution in [0.15, 0.2) is 42.5 Å². The highest BCUT2D eigenvalue weighted by molar-refractivity contribution is 5.90. The largest absolute Gasteiger partial charge is 0.462 e. The summed E-state index contributed by atoms with van der Waals surface area (Å²) in [5, 5.41) is 0. The number of hydrogen-bond acceptors (Lipinski definition) is 2. The Labute approximate surface area is 156 Å². The molecule has 1 aliphatic rings. The van der Waals surface area contributed by atoms with Crippen LogP contribution in [-0.4, -0.2) is 12.6 Å². The van der Waals surface area contributed by atoms with E-state index in [1.807, 2.05) is 31.2 Å². The van der Waals surface area contributed by atoms with Crippen LogP contribution in [0.2, 0.25) is 0 Å². The quantitative estimate of drug-likeness (QED) is 0.497. The summed E-state index contributed by atoms with van der Waals surface area (Å²) in [6.07, 6.45) is 5.89. The van der Waals surface area contributed by atoms with E-state index in [1.165, 1.54) is 41.5 Å². The van der Waals surface area contributed by atoms with Crippen LogP contribution >= 0.6 is 0 Å². The van der Waals surface area contributed by atoms with Crippen molar-refractivity contribution in [3.63, 3.8) is 0 Å². The lowest BCUT2D eigenvalue weighted by molar-refractivity contribution is 0.0526. The van der Waals surface area contributed by atoms with Crippen molar-refractivity contribution in [2.45, 2.75) is 52.4 Å². The van der Waals surface area contributed by atoms with Crippen molar-refractivity contribution in [1.29, 1.82) is 0 Å². The first-order valence-electron chi connectivity index (χ1n) is 9.50. The van der Waals surface area contributed by atoms with E-state index in [0.29, 0.717) is 12.2 Å². The number of esters is 1. The van der Waals surface area contributed by atoms with E-state index in [9.17, 15) is 4.79 Å². The highest BCUT2D eigenvalue weighted by atomic mass is 16.5. The van der Waals surface area contributed by atoms with Crippen LogP contribution in [-0.2, 0) is 16.6 Å². The smallest absolute Gasteiger partial charge is 0.338 e. The fourth-order valence-corrected chi connectivity index (χ4v) is 3.79. The number of hydrogen-bond donors (Lipinski definition) is 0. The van der Waals surface area contributed by atoms with Crippen LogP contribution in [0.25, 0.3) is 11.6 Å². The first-order chi connectivity index (χ1) is 12.4. The molecule has 0 N–H and O–H groups in total. The second-order valence-corrected chi connectivity index (χ2v) is 7.78. The van der Waals surface area contributed by atoms with Gasteiger partial charge in [0.15, 0.2) is 0 Å². The molecule has 0 saturated heterocycles. The van der Waals surface area contributed by atoms with Crippen LogP contribution in [0.1, 0.15) is 73.1 Å². The maximum atomic E-state index is 11.8. The van der Waals surface area contributed by atoms with Crippen molar-refractivity contribution < 1.29 is 9.53 Å². The zero-order valence-corrected chi connectivity index (χ0v) is 16.3. The van der Waals surface area contributed by atoms with E-state index in [1.54, 1.807) is 0 Å². The number of aryl methyl sites for hydroxylation is 1. The van der Waals surface area contributed by atoms with Crippen LogP contribution < -0.4 is 0 Å². The predicted molar refractivity (Wildman–Crippen MR) is 108 cm³/mol. The summed E-state index contributed by atoms with van der Waals surface area (Å²) in [7, 11) is 0. The van der Waals surface area contributed by atoms with Gasteiger partial charge in [0.1, 0.15) is 0 Å². The van der Waals surface area contributed by atoms with E-state index >= 15 is 0 Å². The molecule has 2 heteroatoms. The Morgan fingerprint density at radius 2 is 1.81 bits per heavy atom. The first-order valence-corrected chi connectivity index (χ1v) is 9.50. The SMILES string of the molecule is CCOC(=O)c1ccc(/C=C(\C)c2ccc3c(c2)C(C)(C)CCC3)cc1. The average molecular weight is 348 g/mol. The Morgan fingerprint density at radius 3 is 2.50 bits per heavy atom. The fraction of sp³-hybridized carbons (Fsp3) is 0.375. The minimum atomic E-state index is -0.267. The Kier molecular flexibility index (Phi) is 5.31. The van der Waals surface area contributed by atoms with Crippen molar-refractivity contribution in [2.24, 2.45) is 0 Å². The standard InChI is InChI=1S/C24H28O2/c1-5-26-23(25)20-10-8-18(9-11-20)15-17(2)21-13-12-19-7-6-14-24(3,4)22(19)16-21/h8-13,15-16H,5-7,14H2,1-4H3/b17-15+. The molecule has 26 heavy (non-hydrogen) atoms. The molecule has 0 radical (unpaired) electrons. The van der Waals surface area contributed by atoms with Crippen molar-refractivity contribution in [3.05, 3.63) is 70.3 Å². The number of fused-ring (bicyclic) bond motifs is 1. The summed E-state index contributed by atoms with van der Waals surface area (Å²) in [5.41, 5.74) is 7.43. The Hall–Kier alpha value is -2.35. The molecule has 0 saturated carbocycles. The monoisotopic (exact) mass is 348 g/mol. The summed E-state index contributed by atoms with van der Waals surface area (Å²) >= 11 is 0. The van der Waals surface area contributed by atoms with Crippen LogP contribution in [0.5, 0.6) is 0 Å². The Balaban J connectivity index is 1.85. The number of carbonyl (C=O) groups is 1. The molecule has 2 nitrogen and oxygen atoms in total. The maximum Gasteiger partial charge on any atom is 0.338 e. The summed E-state index contributed by atoms with van der Waals surface area (Å²) in [6.45, 7) is 9.06. The highest BCUT2D eigenvalue weighted by Crippen LogP contribution is 2.38. The third-order valence-electron chi connectivity index (χ3n) is 5.35. The van der Waals surface area contributed by atoms with Crippen LogP contribution in [0.3, 0.4) is 0 Å². The minimum Gasteiger partial charge on any atom is -0.462 e. The zero-order valence-electron chi connectivity index (χ0n) is 16.3. The summed E-state index contributed by atoms with van der Waals surface area (Å²) in [5.74, 6) is -0.267. The lowest BCUT2D eigenvalue weighted by Crippen LogP contribution is -2.23. The van der Waals surface area contributed by atoms with Crippen molar-refractivity contribution >= 4 is 17.6 Å². The second-order valence-electron chi connectivity index (χ2n) is 7.78. The summed E-state index contributed by atoms with van der Waals surface area (Å²) < 4.78 is 5.04. The van der Waals surface area contributed by atoms with E-state index in [2.05, 4.69) is 45.0 Å². The fourth-order valence-electron chi connectivity index (χ4n) is 3.79. The molecule has 3 rings (SSSR count). The first kappa shape index (κ1) is 18.4. The van der Waals surface area contributed by atoms with E-state index < -0.39 is 0 Å². The lowest BCUT2D eigenvalue weighted by Gasteiger charge is -2.33. The number of carbonyl (C=O) groups excluding carboxylic acids is 1. The topological polar surface area (TPSA) is 26.3 Å². The number of rotatable bonds is 4. The average Bonchev–Trinajstić information content (AvgIpc) is 2.62. The van der Waals surface area contributed by atoms with Gasteiger partial charge in [0.25, 0.3) is 0 Å². The predicted octanol–water partition coefficient (Wildman–Crippen LogP) is 6.04. The van der Waals surface area contributed by atoms with E-state index in [4.69, 9.17) is 4.74 Å². The van der Waals surface area contributed by atoms with Gasteiger partial charge in [-0.25, -0.2) is 4.79 Å². The van der Waals surface area contributed by atoms with Gasteiger partial charge in [-0.3, -0.25) is 0 Å². The molecule has 0 aliphatic heterocycles. The molecular weight excluding hydrogens is 320 g/mol. The van der Waals surface area contributed by atoms with Gasteiger partial charge in [-0.05, 0) is 78.5 Å². The molecule has 0 amide bonds. The van der Waals surface area contributed by atoms with Gasteiger partial charge in [-0.15, -0.1) is 0 Å². The molecule has 0 spiro atoms. The molecular formula is C24H28O2. The van der Waals surface area contributed by atoms with E-state index in [-0.39, 0.29) is 11.4 Å². The molecule has 2 aromatic carbocycles. The highest BCUT2D eigenvalue weighted by Gasteiger charge is 2.27. The molecule has 2 aromatic rings. The normalized spacial score (nSPS) is 16.1. The molecule has 0 fully saturated rings. The molecule has 1 aliphatic carbocycles. The zero-order chi connectivity index (χ0) is 18.7. The summed E-state index contributed by atoms with van der Waals surface area (Å²) in [6, 6.07) is 14.5. The minimum absolute atomic E-state index is 0.255. The third kappa shape index (κ3) is 3.90. The van der Waals surface area contributed by atoms with Gasteiger partial charge in [0, 0.05) is 0 Å². The van der Waals surface area contributed by atoms with Crippen molar-refractivity contribution in [2.75, 3.05) is 6.61 Å². The number of benzene rings is 2. The van der Waals surface area contributed by atoms with Gasteiger partial charge in [-0.1, -0.05) is 50.3 Å². The Bertz CT molecular complexity index is 826. The molecule has 0 heterocycles.